The van der Waals surface area contributed by atoms with Crippen LogP contribution in [0.5, 0.6) is 0 Å². The number of carbonyl (C=O) groups excluding carboxylic acids is 3. The van der Waals surface area contributed by atoms with Crippen LogP contribution in [0.3, 0.4) is 0 Å². The molecule has 3 saturated heterocycles. The number of piperidine rings is 2. The van der Waals surface area contributed by atoms with Crippen LogP contribution < -0.4 is 25.8 Å². The fourth-order valence-corrected chi connectivity index (χ4v) is 10.2. The van der Waals surface area contributed by atoms with Gasteiger partial charge in [-0.2, -0.15) is 15.5 Å². The lowest BCUT2D eigenvalue weighted by molar-refractivity contribution is -0.135. The van der Waals surface area contributed by atoms with Crippen LogP contribution in [0.15, 0.2) is 55.2 Å². The largest absolute Gasteiger partial charge is 0.373 e. The second kappa shape index (κ2) is 18.1. The lowest BCUT2D eigenvalue weighted by Crippen LogP contribution is -2.53. The van der Waals surface area contributed by atoms with E-state index < -0.39 is 29.0 Å². The second-order valence-electron chi connectivity index (χ2n) is 19.3. The van der Waals surface area contributed by atoms with Crippen molar-refractivity contribution in [2.45, 2.75) is 109 Å². The van der Waals surface area contributed by atoms with Gasteiger partial charge < -0.3 is 20.4 Å². The number of amides is 3. The van der Waals surface area contributed by atoms with Crippen molar-refractivity contribution in [1.29, 1.82) is 5.26 Å². The van der Waals surface area contributed by atoms with Crippen LogP contribution in [0.25, 0.3) is 28.0 Å². The van der Waals surface area contributed by atoms with Crippen molar-refractivity contribution in [3.63, 3.8) is 0 Å². The number of pyridine rings is 1. The average Bonchev–Trinajstić information content (AvgIpc) is 3.98. The molecule has 4 aromatic heterocycles. The third-order valence-corrected chi connectivity index (χ3v) is 14.0. The van der Waals surface area contributed by atoms with Gasteiger partial charge >= 0.3 is 0 Å². The van der Waals surface area contributed by atoms with Crippen molar-refractivity contribution >= 4 is 40.4 Å². The first-order valence-electron chi connectivity index (χ1n) is 23.2. The maximum atomic E-state index is 15.4. The van der Waals surface area contributed by atoms with Crippen LogP contribution in [0, 0.1) is 28.4 Å². The molecule has 7 heterocycles. The summed E-state index contributed by atoms with van der Waals surface area (Å²) in [5, 5.41) is 27.6. The predicted octanol–water partition coefficient (Wildman–Crippen LogP) is 6.24. The molecule has 0 spiro atoms. The number of anilines is 3. The standard InChI is InChI=1S/C48H57F2N13O3/c1-5-48(46(66)58-47(2,3)4)14-16-60(17-15-48)40-12-6-30(25-52-40)42-43-31(24-51)26-54-63(43)29-39(56-42)32-27-53-62(28-32)35-9-7-34(8-10-35)59-18-20-61(21-19-59)44-36(49)22-33(23-37(44)50)55-38-11-13-41(64)57-45(38)65/h6,12,22-23,25-29,34-35,38,55H,5,7-11,13-21H2,1-4H3,(H,58,66)(H,57,64,65). The normalized spacial score (nSPS) is 21.7. The minimum atomic E-state index is -0.733. The lowest BCUT2D eigenvalue weighted by Gasteiger charge is -2.42. The molecular formula is C48H57F2N13O3. The van der Waals surface area contributed by atoms with Crippen molar-refractivity contribution in [3.05, 3.63) is 72.4 Å². The number of rotatable bonds is 10. The van der Waals surface area contributed by atoms with Gasteiger partial charge in [0.05, 0.1) is 41.4 Å². The Kier molecular flexibility index (Phi) is 12.2. The number of halogens is 2. The van der Waals surface area contributed by atoms with E-state index in [9.17, 15) is 19.6 Å². The quantitative estimate of drug-likeness (QED) is 0.135. The Morgan fingerprint density at radius 3 is 2.24 bits per heavy atom. The van der Waals surface area contributed by atoms with Gasteiger partial charge in [-0.15, -0.1) is 0 Å². The molecular weight excluding hydrogens is 845 g/mol. The number of piperazine rings is 1. The van der Waals surface area contributed by atoms with Crippen molar-refractivity contribution < 1.29 is 23.2 Å². The summed E-state index contributed by atoms with van der Waals surface area (Å²) >= 11 is 0. The second-order valence-corrected chi connectivity index (χ2v) is 19.3. The summed E-state index contributed by atoms with van der Waals surface area (Å²) in [6.45, 7) is 11.9. The number of nitrogens with one attached hydrogen (secondary N) is 3. The highest BCUT2D eigenvalue weighted by Gasteiger charge is 2.41. The van der Waals surface area contributed by atoms with E-state index in [0.29, 0.717) is 54.7 Å². The Balaban J connectivity index is 0.821. The molecule has 1 aromatic carbocycles. The Labute approximate surface area is 382 Å². The van der Waals surface area contributed by atoms with Gasteiger partial charge in [0.1, 0.15) is 34.7 Å². The van der Waals surface area contributed by atoms with E-state index in [2.05, 4.69) is 43.8 Å². The van der Waals surface area contributed by atoms with E-state index in [4.69, 9.17) is 15.1 Å². The molecule has 1 aliphatic carbocycles. The van der Waals surface area contributed by atoms with Crippen LogP contribution in [-0.2, 0) is 14.4 Å². The maximum Gasteiger partial charge on any atom is 0.249 e. The molecule has 3 amide bonds. The molecule has 5 aromatic rings. The zero-order valence-electron chi connectivity index (χ0n) is 38.0. The molecule has 1 saturated carbocycles. The van der Waals surface area contributed by atoms with Gasteiger partial charge in [-0.1, -0.05) is 6.92 Å². The van der Waals surface area contributed by atoms with Crippen LogP contribution in [0.4, 0.5) is 26.0 Å². The van der Waals surface area contributed by atoms with E-state index in [-0.39, 0.29) is 47.6 Å². The number of nitrogens with zero attached hydrogens (tertiary/aromatic N) is 10. The first kappa shape index (κ1) is 44.7. The molecule has 18 heteroatoms. The summed E-state index contributed by atoms with van der Waals surface area (Å²) in [4.78, 5) is 53.3. The molecule has 4 fully saturated rings. The summed E-state index contributed by atoms with van der Waals surface area (Å²) in [7, 11) is 0. The SMILES string of the molecule is CCC1(C(=O)NC(C)(C)C)CCN(c2ccc(-c3nc(-c4cnn(C5CCC(N6CCN(c7c(F)cc(NC8CCC(=O)NC8=O)cc7F)CC6)CC5)c4)cn4ncc(C#N)c34)cn2)CC1. The molecule has 3 N–H and O–H groups in total. The van der Waals surface area contributed by atoms with Gasteiger partial charge in [0.2, 0.25) is 17.7 Å². The molecule has 1 atom stereocenters. The highest BCUT2D eigenvalue weighted by atomic mass is 19.1. The van der Waals surface area contributed by atoms with Crippen LogP contribution >= 0.6 is 0 Å². The van der Waals surface area contributed by atoms with Gasteiger partial charge in [0.15, 0.2) is 11.6 Å². The van der Waals surface area contributed by atoms with Crippen molar-refractivity contribution in [2.24, 2.45) is 5.41 Å². The summed E-state index contributed by atoms with van der Waals surface area (Å²) in [5.74, 6) is -1.29. The number of fused-ring (bicyclic) bond motifs is 1. The topological polar surface area (TPSA) is 182 Å². The Morgan fingerprint density at radius 1 is 0.894 bits per heavy atom. The summed E-state index contributed by atoms with van der Waals surface area (Å²) in [6, 6.07) is 8.48. The highest BCUT2D eigenvalue weighted by molar-refractivity contribution is 6.01. The molecule has 346 valence electrons. The third-order valence-electron chi connectivity index (χ3n) is 14.0. The first-order valence-corrected chi connectivity index (χ1v) is 23.2. The molecule has 1 unspecified atom stereocenters. The zero-order chi connectivity index (χ0) is 46.3. The number of aromatic nitrogens is 6. The fourth-order valence-electron chi connectivity index (χ4n) is 10.2. The Morgan fingerprint density at radius 2 is 1.61 bits per heavy atom. The number of imide groups is 1. The van der Waals surface area contributed by atoms with Gasteiger partial charge in [-0.05, 0) is 96.4 Å². The molecule has 3 aliphatic heterocycles. The van der Waals surface area contributed by atoms with Crippen LogP contribution in [0.1, 0.15) is 97.1 Å². The average molecular weight is 902 g/mol. The molecule has 4 aliphatic rings. The molecule has 0 radical (unpaired) electrons. The highest BCUT2D eigenvalue weighted by Crippen LogP contribution is 2.38. The molecule has 0 bridgehead atoms. The minimum Gasteiger partial charge on any atom is -0.373 e. The first-order chi connectivity index (χ1) is 31.7. The van der Waals surface area contributed by atoms with Gasteiger partial charge in [0, 0.05) is 86.5 Å². The summed E-state index contributed by atoms with van der Waals surface area (Å²) < 4.78 is 34.5. The minimum absolute atomic E-state index is 0.0632. The van der Waals surface area contributed by atoms with Crippen LogP contribution in [0.2, 0.25) is 0 Å². The number of hydrogen-bond donors (Lipinski definition) is 3. The lowest BCUT2D eigenvalue weighted by atomic mass is 9.75. The van der Waals surface area contributed by atoms with E-state index in [1.54, 1.807) is 21.8 Å². The predicted molar refractivity (Wildman–Crippen MR) is 245 cm³/mol. The van der Waals surface area contributed by atoms with Gasteiger partial charge in [0.25, 0.3) is 0 Å². The van der Waals surface area contributed by atoms with Crippen molar-refractivity contribution in [2.75, 3.05) is 54.4 Å². The number of benzene rings is 1. The number of hydrogen-bond acceptors (Lipinski definition) is 12. The van der Waals surface area contributed by atoms with E-state index in [1.165, 1.54) is 12.1 Å². The Hall–Kier alpha value is -6.48. The molecule has 66 heavy (non-hydrogen) atoms. The monoisotopic (exact) mass is 901 g/mol. The summed E-state index contributed by atoms with van der Waals surface area (Å²) in [5.41, 5.74) is 3.28. The number of nitriles is 1. The van der Waals surface area contributed by atoms with Gasteiger partial charge in [-0.3, -0.25) is 29.3 Å². The van der Waals surface area contributed by atoms with Crippen LogP contribution in [-0.4, -0.2) is 109 Å². The Bertz CT molecular complexity index is 2640. The zero-order valence-corrected chi connectivity index (χ0v) is 38.0. The third kappa shape index (κ3) is 9.05. The summed E-state index contributed by atoms with van der Waals surface area (Å²) in [6.07, 6.45) is 15.5. The van der Waals surface area contributed by atoms with E-state index in [0.717, 1.165) is 75.0 Å². The van der Waals surface area contributed by atoms with Gasteiger partial charge in [-0.25, -0.2) is 23.3 Å². The maximum absolute atomic E-state index is 15.4. The van der Waals surface area contributed by atoms with E-state index in [1.807, 2.05) is 56.2 Å². The van der Waals surface area contributed by atoms with E-state index >= 15 is 8.78 Å². The van der Waals surface area contributed by atoms with Crippen molar-refractivity contribution in [3.8, 4) is 28.6 Å². The number of carbonyl (C=O) groups is 3. The van der Waals surface area contributed by atoms with Crippen molar-refractivity contribution in [1.82, 2.24) is 44.9 Å². The fraction of sp³-hybridized carbons (Fsp3) is 0.500. The smallest absolute Gasteiger partial charge is 0.249 e. The molecule has 16 nitrogen and oxygen atoms in total. The molecule has 9 rings (SSSR count).